The Balaban J connectivity index is 1.64. The zero-order valence-corrected chi connectivity index (χ0v) is 20.0. The van der Waals surface area contributed by atoms with Crippen LogP contribution in [-0.2, 0) is 11.3 Å². The Labute approximate surface area is 203 Å². The first-order valence-electron chi connectivity index (χ1n) is 11.3. The number of pyridine rings is 1. The number of benzene rings is 3. The van der Waals surface area contributed by atoms with Crippen molar-refractivity contribution in [1.82, 2.24) is 9.97 Å². The first-order valence-corrected chi connectivity index (χ1v) is 12.1. The van der Waals surface area contributed by atoms with Crippen LogP contribution in [0.2, 0.25) is 0 Å². The van der Waals surface area contributed by atoms with E-state index in [-0.39, 0.29) is 5.91 Å². The van der Waals surface area contributed by atoms with Gasteiger partial charge in [0.2, 0.25) is 5.91 Å². The van der Waals surface area contributed by atoms with Gasteiger partial charge in [0.1, 0.15) is 0 Å². The zero-order valence-electron chi connectivity index (χ0n) is 19.2. The van der Waals surface area contributed by atoms with Gasteiger partial charge in [0.05, 0.1) is 22.7 Å². The van der Waals surface area contributed by atoms with Crippen LogP contribution in [0.4, 0.5) is 5.13 Å². The number of hydrogen-bond donors (Lipinski definition) is 0. The molecule has 0 spiro atoms. The first kappa shape index (κ1) is 22.0. The lowest BCUT2D eigenvalue weighted by atomic mass is 9.90. The topological polar surface area (TPSA) is 46.1 Å². The van der Waals surface area contributed by atoms with E-state index >= 15 is 0 Å². The molecule has 0 atom stereocenters. The van der Waals surface area contributed by atoms with Crippen LogP contribution in [0, 0.1) is 13.8 Å². The van der Waals surface area contributed by atoms with Crippen LogP contribution in [0.1, 0.15) is 33.7 Å². The molecule has 0 radical (unpaired) electrons. The van der Waals surface area contributed by atoms with Crippen LogP contribution >= 0.6 is 11.3 Å². The second-order valence-corrected chi connectivity index (χ2v) is 9.44. The lowest BCUT2D eigenvalue weighted by molar-refractivity contribution is -0.119. The van der Waals surface area contributed by atoms with Gasteiger partial charge < -0.3 is 0 Å². The summed E-state index contributed by atoms with van der Waals surface area (Å²) in [5, 5.41) is 0.703. The molecule has 5 aromatic rings. The number of hydrogen-bond acceptors (Lipinski definition) is 4. The molecular formula is C29H25N3OS. The van der Waals surface area contributed by atoms with Gasteiger partial charge in [0, 0.05) is 12.4 Å². The van der Waals surface area contributed by atoms with Gasteiger partial charge >= 0.3 is 0 Å². The van der Waals surface area contributed by atoms with Crippen molar-refractivity contribution >= 4 is 32.6 Å². The number of carbonyl (C=O) groups excluding carboxylic acids is 1. The van der Waals surface area contributed by atoms with Crippen molar-refractivity contribution in [3.05, 3.63) is 125 Å². The van der Waals surface area contributed by atoms with E-state index in [4.69, 9.17) is 4.98 Å². The Hall–Kier alpha value is -3.83. The molecule has 0 bridgehead atoms. The molecule has 0 aliphatic rings. The Morgan fingerprint density at radius 3 is 2.21 bits per heavy atom. The van der Waals surface area contributed by atoms with Gasteiger partial charge in [0.15, 0.2) is 5.13 Å². The number of amides is 1. The fourth-order valence-corrected chi connectivity index (χ4v) is 5.34. The molecule has 0 N–H and O–H groups in total. The maximum absolute atomic E-state index is 14.3. The molecule has 3 aromatic carbocycles. The molecule has 0 aliphatic carbocycles. The van der Waals surface area contributed by atoms with Crippen LogP contribution < -0.4 is 4.90 Å². The molecular weight excluding hydrogens is 438 g/mol. The number of rotatable bonds is 6. The van der Waals surface area contributed by atoms with Crippen LogP contribution in [-0.4, -0.2) is 15.9 Å². The summed E-state index contributed by atoms with van der Waals surface area (Å²) in [6.45, 7) is 4.58. The van der Waals surface area contributed by atoms with Crippen molar-refractivity contribution in [1.29, 1.82) is 0 Å². The summed E-state index contributed by atoms with van der Waals surface area (Å²) in [5.74, 6) is -0.441. The van der Waals surface area contributed by atoms with Gasteiger partial charge in [0.25, 0.3) is 0 Å². The van der Waals surface area contributed by atoms with E-state index in [1.807, 2.05) is 83.9 Å². The SMILES string of the molecule is Cc1cc(C)c2sc(N(Cc3cccnc3)C(=O)C(c3ccccc3)c3ccccc3)nc2c1. The Morgan fingerprint density at radius 1 is 0.912 bits per heavy atom. The van der Waals surface area contributed by atoms with Crippen molar-refractivity contribution in [2.45, 2.75) is 26.3 Å². The number of fused-ring (bicyclic) bond motifs is 1. The molecule has 0 saturated heterocycles. The molecule has 0 unspecified atom stereocenters. The summed E-state index contributed by atoms with van der Waals surface area (Å²) < 4.78 is 1.11. The minimum absolute atomic E-state index is 0.00492. The molecule has 0 aliphatic heterocycles. The van der Waals surface area contributed by atoms with E-state index in [1.54, 1.807) is 17.5 Å². The summed E-state index contributed by atoms with van der Waals surface area (Å²) >= 11 is 1.57. The quantitative estimate of drug-likeness (QED) is 0.282. The number of aromatic nitrogens is 2. The Morgan fingerprint density at radius 2 is 1.59 bits per heavy atom. The maximum Gasteiger partial charge on any atom is 0.241 e. The average Bonchev–Trinajstić information content (AvgIpc) is 3.29. The highest BCUT2D eigenvalue weighted by Gasteiger charge is 2.30. The van der Waals surface area contributed by atoms with Gasteiger partial charge in [-0.15, -0.1) is 0 Å². The van der Waals surface area contributed by atoms with Crippen molar-refractivity contribution in [3.8, 4) is 0 Å². The molecule has 2 aromatic heterocycles. The third-order valence-corrected chi connectivity index (χ3v) is 7.11. The summed E-state index contributed by atoms with van der Waals surface area (Å²) in [5.41, 5.74) is 6.15. The highest BCUT2D eigenvalue weighted by Crippen LogP contribution is 2.36. The smallest absolute Gasteiger partial charge is 0.241 e. The van der Waals surface area contributed by atoms with Crippen molar-refractivity contribution in [2.24, 2.45) is 0 Å². The minimum Gasteiger partial charge on any atom is -0.283 e. The van der Waals surface area contributed by atoms with Crippen LogP contribution in [0.5, 0.6) is 0 Å². The van der Waals surface area contributed by atoms with E-state index in [0.717, 1.165) is 26.9 Å². The Kier molecular flexibility index (Phi) is 6.19. The summed E-state index contributed by atoms with van der Waals surface area (Å²) in [4.78, 5) is 25.4. The second-order valence-electron chi connectivity index (χ2n) is 8.47. The van der Waals surface area contributed by atoms with E-state index in [2.05, 4.69) is 31.0 Å². The number of aryl methyl sites for hydroxylation is 2. The van der Waals surface area contributed by atoms with Crippen molar-refractivity contribution in [2.75, 3.05) is 4.90 Å². The lowest BCUT2D eigenvalue weighted by Crippen LogP contribution is -2.35. The van der Waals surface area contributed by atoms with E-state index in [0.29, 0.717) is 11.7 Å². The molecule has 1 amide bonds. The predicted molar refractivity (Wildman–Crippen MR) is 139 cm³/mol. The van der Waals surface area contributed by atoms with Crippen LogP contribution in [0.25, 0.3) is 10.2 Å². The molecule has 5 rings (SSSR count). The highest BCUT2D eigenvalue weighted by atomic mass is 32.1. The predicted octanol–water partition coefficient (Wildman–Crippen LogP) is 6.67. The largest absolute Gasteiger partial charge is 0.283 e. The standard InChI is InChI=1S/C29H25N3OS/c1-20-16-21(2)27-25(17-20)31-29(34-27)32(19-22-10-9-15-30-18-22)28(33)26(23-11-5-3-6-12-23)24-13-7-4-8-14-24/h3-18,26H,19H2,1-2H3. The molecule has 0 fully saturated rings. The zero-order chi connectivity index (χ0) is 23.5. The fraction of sp³-hybridized carbons (Fsp3) is 0.138. The summed E-state index contributed by atoms with van der Waals surface area (Å²) in [7, 11) is 0. The molecule has 0 saturated carbocycles. The summed E-state index contributed by atoms with van der Waals surface area (Å²) in [6, 6.07) is 28.1. The van der Waals surface area contributed by atoms with Crippen molar-refractivity contribution < 1.29 is 4.79 Å². The van der Waals surface area contributed by atoms with Gasteiger partial charge in [-0.1, -0.05) is 84.1 Å². The normalized spacial score (nSPS) is 11.1. The number of carbonyl (C=O) groups is 1. The Bertz CT molecular complexity index is 1380. The molecule has 168 valence electrons. The summed E-state index contributed by atoms with van der Waals surface area (Å²) in [6.07, 6.45) is 3.55. The highest BCUT2D eigenvalue weighted by molar-refractivity contribution is 7.22. The maximum atomic E-state index is 14.3. The van der Waals surface area contributed by atoms with Crippen LogP contribution in [0.3, 0.4) is 0 Å². The van der Waals surface area contributed by atoms with Gasteiger partial charge in [-0.25, -0.2) is 4.98 Å². The number of nitrogens with zero attached hydrogens (tertiary/aromatic N) is 3. The minimum atomic E-state index is -0.436. The first-order chi connectivity index (χ1) is 16.6. The lowest BCUT2D eigenvalue weighted by Gasteiger charge is -2.26. The molecule has 34 heavy (non-hydrogen) atoms. The number of anilines is 1. The monoisotopic (exact) mass is 463 g/mol. The third-order valence-electron chi connectivity index (χ3n) is 5.88. The molecule has 2 heterocycles. The number of thiazole rings is 1. The molecule has 4 nitrogen and oxygen atoms in total. The van der Waals surface area contributed by atoms with Gasteiger partial charge in [-0.3, -0.25) is 14.7 Å². The van der Waals surface area contributed by atoms with Crippen LogP contribution in [0.15, 0.2) is 97.3 Å². The van der Waals surface area contributed by atoms with E-state index in [1.165, 1.54) is 11.1 Å². The van der Waals surface area contributed by atoms with E-state index < -0.39 is 5.92 Å². The van der Waals surface area contributed by atoms with E-state index in [9.17, 15) is 4.79 Å². The van der Waals surface area contributed by atoms with Crippen molar-refractivity contribution in [3.63, 3.8) is 0 Å². The molecule has 5 heteroatoms. The van der Waals surface area contributed by atoms with Gasteiger partial charge in [-0.05, 0) is 53.8 Å². The second kappa shape index (κ2) is 9.57. The van der Waals surface area contributed by atoms with Gasteiger partial charge in [-0.2, -0.15) is 0 Å². The average molecular weight is 464 g/mol. The third kappa shape index (κ3) is 4.47. The fourth-order valence-electron chi connectivity index (χ4n) is 4.32.